The van der Waals surface area contributed by atoms with Gasteiger partial charge >= 0.3 is 0 Å². The number of nitrogens with zero attached hydrogens (tertiary/aromatic N) is 5. The molecule has 0 bridgehead atoms. The van der Waals surface area contributed by atoms with Crippen molar-refractivity contribution in [3.8, 4) is 0 Å². The van der Waals surface area contributed by atoms with E-state index in [2.05, 4.69) is 10.00 Å². The highest BCUT2D eigenvalue weighted by Crippen LogP contribution is 2.16. The minimum atomic E-state index is -3.31. The van der Waals surface area contributed by atoms with Crippen molar-refractivity contribution in [2.24, 2.45) is 13.0 Å². The fourth-order valence-electron chi connectivity index (χ4n) is 2.83. The molecule has 1 amide bonds. The van der Waals surface area contributed by atoms with E-state index in [0.717, 1.165) is 5.56 Å². The number of aryl methyl sites for hydroxylation is 1. The number of rotatable bonds is 4. The second kappa shape index (κ2) is 6.98. The first-order valence-electron chi connectivity index (χ1n) is 7.53. The van der Waals surface area contributed by atoms with E-state index in [0.29, 0.717) is 26.2 Å². The van der Waals surface area contributed by atoms with Crippen LogP contribution in [-0.4, -0.2) is 84.7 Å². The quantitative estimate of drug-likeness (QED) is 0.715. The zero-order chi connectivity index (χ0) is 17.2. The number of hydrogen-bond donors (Lipinski definition) is 0. The Morgan fingerprint density at radius 1 is 1.35 bits per heavy atom. The van der Waals surface area contributed by atoms with Gasteiger partial charge in [-0.1, -0.05) is 0 Å². The van der Waals surface area contributed by atoms with Gasteiger partial charge in [-0.25, -0.2) is 12.7 Å². The Bertz CT molecular complexity index is 655. The van der Waals surface area contributed by atoms with Crippen molar-refractivity contribution in [2.45, 2.75) is 6.54 Å². The highest BCUT2D eigenvalue weighted by atomic mass is 32.2. The maximum Gasteiger partial charge on any atom is 0.227 e. The van der Waals surface area contributed by atoms with Crippen molar-refractivity contribution >= 4 is 15.9 Å². The van der Waals surface area contributed by atoms with E-state index in [9.17, 15) is 13.2 Å². The first-order chi connectivity index (χ1) is 10.7. The van der Waals surface area contributed by atoms with Crippen molar-refractivity contribution in [3.05, 3.63) is 18.0 Å². The molecule has 0 spiro atoms. The number of carbonyl (C=O) groups is 1. The number of sulfonamides is 1. The molecule has 2 heterocycles. The van der Waals surface area contributed by atoms with Crippen LogP contribution in [0.5, 0.6) is 0 Å². The number of carbonyl (C=O) groups excluding carboxylic acids is 1. The summed E-state index contributed by atoms with van der Waals surface area (Å²) in [6.45, 7) is 2.43. The fourth-order valence-corrected chi connectivity index (χ4v) is 3.69. The summed E-state index contributed by atoms with van der Waals surface area (Å²) >= 11 is 0. The molecule has 1 unspecified atom stereocenters. The molecule has 0 aliphatic carbocycles. The summed E-state index contributed by atoms with van der Waals surface area (Å²) in [5.41, 5.74) is 1.05. The molecule has 1 atom stereocenters. The molecule has 0 saturated carbocycles. The van der Waals surface area contributed by atoms with E-state index in [1.54, 1.807) is 25.0 Å². The molecule has 1 aromatic heterocycles. The molecule has 1 aliphatic heterocycles. The fraction of sp³-hybridized carbons (Fsp3) is 0.714. The average molecular weight is 343 g/mol. The standard InChI is InChI=1S/C14H25N5O3S/c1-16(2)14(20)13-10-18(9-12-7-15-17(3)8-12)5-6-19(11-13)23(4,21)22/h7-8,13H,5-6,9-11H2,1-4H3. The van der Waals surface area contributed by atoms with Gasteiger partial charge in [-0.2, -0.15) is 5.10 Å². The van der Waals surface area contributed by atoms with Crippen LogP contribution < -0.4 is 0 Å². The molecule has 1 aromatic rings. The molecule has 1 aliphatic rings. The van der Waals surface area contributed by atoms with Gasteiger partial charge in [-0.05, 0) is 0 Å². The van der Waals surface area contributed by atoms with Gasteiger partial charge in [0.25, 0.3) is 0 Å². The zero-order valence-electron chi connectivity index (χ0n) is 14.1. The van der Waals surface area contributed by atoms with E-state index in [-0.39, 0.29) is 18.4 Å². The van der Waals surface area contributed by atoms with Gasteiger partial charge in [0.15, 0.2) is 0 Å². The minimum absolute atomic E-state index is 0.0447. The highest BCUT2D eigenvalue weighted by molar-refractivity contribution is 7.88. The molecule has 1 fully saturated rings. The predicted octanol–water partition coefficient (Wildman–Crippen LogP) is -0.798. The Morgan fingerprint density at radius 3 is 2.57 bits per heavy atom. The van der Waals surface area contributed by atoms with E-state index < -0.39 is 10.0 Å². The third-order valence-electron chi connectivity index (χ3n) is 3.99. The van der Waals surface area contributed by atoms with Gasteiger partial charge in [0.1, 0.15) is 0 Å². The van der Waals surface area contributed by atoms with Gasteiger partial charge in [0.2, 0.25) is 15.9 Å². The van der Waals surface area contributed by atoms with Gasteiger partial charge in [0.05, 0.1) is 18.4 Å². The topological polar surface area (TPSA) is 78.8 Å². The van der Waals surface area contributed by atoms with Gasteiger partial charge in [-0.3, -0.25) is 14.4 Å². The van der Waals surface area contributed by atoms with Crippen LogP contribution in [0.1, 0.15) is 5.56 Å². The molecular weight excluding hydrogens is 318 g/mol. The molecular formula is C14H25N5O3S. The van der Waals surface area contributed by atoms with Gasteiger partial charge in [0, 0.05) is 65.6 Å². The molecule has 9 heteroatoms. The van der Waals surface area contributed by atoms with Gasteiger partial charge < -0.3 is 4.90 Å². The van der Waals surface area contributed by atoms with E-state index >= 15 is 0 Å². The first kappa shape index (κ1) is 17.9. The van der Waals surface area contributed by atoms with Crippen LogP contribution in [0, 0.1) is 5.92 Å². The molecule has 130 valence electrons. The van der Waals surface area contributed by atoms with Crippen LogP contribution in [-0.2, 0) is 28.4 Å². The monoisotopic (exact) mass is 343 g/mol. The Hall–Kier alpha value is -1.45. The molecule has 0 N–H and O–H groups in total. The minimum Gasteiger partial charge on any atom is -0.348 e. The number of amides is 1. The molecule has 1 saturated heterocycles. The molecule has 23 heavy (non-hydrogen) atoms. The highest BCUT2D eigenvalue weighted by Gasteiger charge is 2.32. The first-order valence-corrected chi connectivity index (χ1v) is 9.38. The lowest BCUT2D eigenvalue weighted by atomic mass is 10.1. The second-order valence-electron chi connectivity index (χ2n) is 6.31. The van der Waals surface area contributed by atoms with E-state index in [1.165, 1.54) is 15.5 Å². The Balaban J connectivity index is 2.17. The lowest BCUT2D eigenvalue weighted by Gasteiger charge is -2.25. The smallest absolute Gasteiger partial charge is 0.227 e. The maximum atomic E-state index is 12.4. The Kier molecular flexibility index (Phi) is 5.43. The van der Waals surface area contributed by atoms with Crippen molar-refractivity contribution in [1.82, 2.24) is 23.9 Å². The van der Waals surface area contributed by atoms with Crippen LogP contribution >= 0.6 is 0 Å². The third-order valence-corrected chi connectivity index (χ3v) is 5.26. The summed E-state index contributed by atoms with van der Waals surface area (Å²) in [6, 6.07) is 0. The lowest BCUT2D eigenvalue weighted by molar-refractivity contribution is -0.133. The van der Waals surface area contributed by atoms with E-state index in [4.69, 9.17) is 0 Å². The summed E-state index contributed by atoms with van der Waals surface area (Å²) in [5.74, 6) is -0.407. The summed E-state index contributed by atoms with van der Waals surface area (Å²) in [6.07, 6.45) is 4.92. The van der Waals surface area contributed by atoms with Gasteiger partial charge in [-0.15, -0.1) is 0 Å². The summed E-state index contributed by atoms with van der Waals surface area (Å²) in [7, 11) is 1.94. The second-order valence-corrected chi connectivity index (χ2v) is 8.29. The summed E-state index contributed by atoms with van der Waals surface area (Å²) < 4.78 is 27.0. The van der Waals surface area contributed by atoms with Crippen LogP contribution in [0.4, 0.5) is 0 Å². The molecule has 0 aromatic carbocycles. The summed E-state index contributed by atoms with van der Waals surface area (Å²) in [5, 5.41) is 4.15. The lowest BCUT2D eigenvalue weighted by Crippen LogP contribution is -2.41. The molecule has 2 rings (SSSR count). The van der Waals surface area contributed by atoms with Crippen molar-refractivity contribution < 1.29 is 13.2 Å². The maximum absolute atomic E-state index is 12.4. The van der Waals surface area contributed by atoms with Crippen LogP contribution in [0.15, 0.2) is 12.4 Å². The van der Waals surface area contributed by atoms with Crippen molar-refractivity contribution in [2.75, 3.05) is 46.5 Å². The van der Waals surface area contributed by atoms with Crippen LogP contribution in [0.3, 0.4) is 0 Å². The van der Waals surface area contributed by atoms with Crippen LogP contribution in [0.25, 0.3) is 0 Å². The average Bonchev–Trinajstić information content (AvgIpc) is 2.72. The van der Waals surface area contributed by atoms with Crippen molar-refractivity contribution in [1.29, 1.82) is 0 Å². The normalized spacial score (nSPS) is 21.1. The van der Waals surface area contributed by atoms with E-state index in [1.807, 2.05) is 13.2 Å². The van der Waals surface area contributed by atoms with Crippen molar-refractivity contribution in [3.63, 3.8) is 0 Å². The molecule has 8 nitrogen and oxygen atoms in total. The largest absolute Gasteiger partial charge is 0.348 e. The predicted molar refractivity (Wildman–Crippen MR) is 87.1 cm³/mol. The third kappa shape index (κ3) is 4.76. The Morgan fingerprint density at radius 2 is 2.04 bits per heavy atom. The van der Waals surface area contributed by atoms with Crippen LogP contribution in [0.2, 0.25) is 0 Å². The summed E-state index contributed by atoms with van der Waals surface area (Å²) in [4.78, 5) is 16.0. The number of hydrogen-bond acceptors (Lipinski definition) is 5. The number of aromatic nitrogens is 2. The zero-order valence-corrected chi connectivity index (χ0v) is 15.0. The Labute approximate surface area is 137 Å². The molecule has 0 radical (unpaired) electrons. The SMILES string of the molecule is CN(C)C(=O)C1CN(Cc2cnn(C)c2)CCN(S(C)(=O)=O)C1.